The number of alkyl halides is 4. The predicted octanol–water partition coefficient (Wildman–Crippen LogP) is 5.59. The number of nitrogens with zero attached hydrogens (tertiary/aromatic N) is 4. The number of halogens is 4. The van der Waals surface area contributed by atoms with Crippen molar-refractivity contribution in [1.82, 2.24) is 19.5 Å². The average molecular weight is 488 g/mol. The van der Waals surface area contributed by atoms with Gasteiger partial charge in [-0.2, -0.15) is 0 Å². The lowest BCUT2D eigenvalue weighted by molar-refractivity contribution is -0.0964. The van der Waals surface area contributed by atoms with E-state index in [1.807, 2.05) is 4.57 Å². The number of hydrogen-bond acceptors (Lipinski definition) is 5. The number of nitrogens with one attached hydrogen (secondary N) is 1. The van der Waals surface area contributed by atoms with Gasteiger partial charge in [0, 0.05) is 52.4 Å². The number of rotatable bonds is 6. The number of aromatic nitrogens is 4. The van der Waals surface area contributed by atoms with Crippen LogP contribution in [0.2, 0.25) is 0 Å². The Bertz CT molecular complexity index is 1340. The highest BCUT2D eigenvalue weighted by Gasteiger charge is 2.32. The summed E-state index contributed by atoms with van der Waals surface area (Å²) < 4.78 is 45.3. The fourth-order valence-electron chi connectivity index (χ4n) is 3.93. The molecule has 0 atom stereocenters. The van der Waals surface area contributed by atoms with Gasteiger partial charge >= 0.3 is 5.57 Å². The maximum Gasteiger partial charge on any atom is 0.487 e. The lowest BCUT2D eigenvalue weighted by Gasteiger charge is -2.31. The molecule has 0 saturated heterocycles. The van der Waals surface area contributed by atoms with E-state index in [0.717, 1.165) is 5.52 Å². The predicted molar refractivity (Wildman–Crippen MR) is 120 cm³/mol. The van der Waals surface area contributed by atoms with E-state index in [9.17, 15) is 18.0 Å². The number of ether oxygens (including phenoxy) is 1. The zero-order valence-electron chi connectivity index (χ0n) is 17.5. The van der Waals surface area contributed by atoms with Crippen LogP contribution >= 0.6 is 11.6 Å². The third-order valence-corrected chi connectivity index (χ3v) is 5.67. The summed E-state index contributed by atoms with van der Waals surface area (Å²) in [6.45, 7) is 0. The number of imidazole rings is 1. The molecule has 34 heavy (non-hydrogen) atoms. The minimum absolute atomic E-state index is 0.0100. The molecule has 174 valence electrons. The Labute approximate surface area is 196 Å². The van der Waals surface area contributed by atoms with Gasteiger partial charge in [0.05, 0.1) is 17.4 Å². The van der Waals surface area contributed by atoms with Gasteiger partial charge in [-0.3, -0.25) is 4.79 Å². The van der Waals surface area contributed by atoms with Gasteiger partial charge in [0.1, 0.15) is 18.2 Å². The first-order chi connectivity index (χ1) is 16.3. The van der Waals surface area contributed by atoms with Crippen molar-refractivity contribution >= 4 is 34.2 Å². The Balaban J connectivity index is 1.47. The van der Waals surface area contributed by atoms with Crippen LogP contribution in [0.15, 0.2) is 61.4 Å². The fraction of sp³-hybridized carbons (Fsp3) is 0.217. The van der Waals surface area contributed by atoms with Crippen molar-refractivity contribution < 1.29 is 22.7 Å². The minimum atomic E-state index is -3.83. The molecule has 2 aromatic heterocycles. The molecule has 0 unspecified atom stereocenters. The molecular weight excluding hydrogens is 471 g/mol. The molecule has 4 aromatic rings. The summed E-state index contributed by atoms with van der Waals surface area (Å²) >= 11 is 4.77. The molecule has 0 aliphatic heterocycles. The van der Waals surface area contributed by atoms with Crippen molar-refractivity contribution in [1.29, 1.82) is 0 Å². The van der Waals surface area contributed by atoms with Crippen molar-refractivity contribution in [2.24, 2.45) is 0 Å². The van der Waals surface area contributed by atoms with Gasteiger partial charge in [-0.15, -0.1) is 8.78 Å². The normalized spacial score (nSPS) is 17.9. The van der Waals surface area contributed by atoms with Crippen LogP contribution in [-0.4, -0.2) is 37.2 Å². The van der Waals surface area contributed by atoms with Crippen LogP contribution in [0, 0.1) is 0 Å². The summed E-state index contributed by atoms with van der Waals surface area (Å²) in [4.78, 5) is 25.6. The number of hydrogen-bond donors (Lipinski definition) is 1. The van der Waals surface area contributed by atoms with E-state index in [2.05, 4.69) is 25.0 Å². The molecule has 11 heteroatoms. The molecule has 2 aromatic carbocycles. The number of carbonyl (C=O) groups excluding carboxylic acids is 1. The molecule has 7 nitrogen and oxygen atoms in total. The van der Waals surface area contributed by atoms with Crippen LogP contribution in [-0.2, 0) is 0 Å². The topological polar surface area (TPSA) is 81.9 Å². The third kappa shape index (κ3) is 4.54. The van der Waals surface area contributed by atoms with E-state index in [0.29, 0.717) is 40.7 Å². The van der Waals surface area contributed by atoms with Crippen molar-refractivity contribution in [2.45, 2.75) is 30.6 Å². The Morgan fingerprint density at radius 2 is 1.85 bits per heavy atom. The largest absolute Gasteiger partial charge is 0.487 e. The molecule has 1 saturated carbocycles. The molecule has 5 rings (SSSR count). The number of benzene rings is 2. The Morgan fingerprint density at radius 3 is 2.50 bits per heavy atom. The van der Waals surface area contributed by atoms with Crippen LogP contribution in [0.3, 0.4) is 0 Å². The minimum Gasteiger partial charge on any atom is -0.420 e. The van der Waals surface area contributed by atoms with Crippen LogP contribution in [0.1, 0.15) is 29.2 Å². The molecule has 1 amide bonds. The quantitative estimate of drug-likeness (QED) is 0.359. The molecule has 0 bridgehead atoms. The maximum absolute atomic E-state index is 13.5. The number of amides is 1. The summed E-state index contributed by atoms with van der Waals surface area (Å²) in [5, 5.41) is 2.72. The second-order valence-corrected chi connectivity index (χ2v) is 8.36. The van der Waals surface area contributed by atoms with Crippen molar-refractivity contribution in [2.75, 3.05) is 5.32 Å². The third-order valence-electron chi connectivity index (χ3n) is 5.60. The monoisotopic (exact) mass is 487 g/mol. The zero-order valence-corrected chi connectivity index (χ0v) is 18.2. The number of carbonyl (C=O) groups is 1. The average Bonchev–Trinajstić information content (AvgIpc) is 3.21. The second kappa shape index (κ2) is 8.60. The molecule has 1 fully saturated rings. The van der Waals surface area contributed by atoms with Gasteiger partial charge in [0.25, 0.3) is 5.91 Å². The van der Waals surface area contributed by atoms with Gasteiger partial charge in [0.15, 0.2) is 0 Å². The van der Waals surface area contributed by atoms with E-state index < -0.39 is 17.6 Å². The molecule has 0 spiro atoms. The molecule has 1 aliphatic carbocycles. The standard InChI is InChI=1S/C23H17ClF3N5O2/c24-23(26,27)34-18-3-1-16(2-4-18)31-22(33)13-5-19(14-9-28-11-29-10-14)21-20(6-13)30-12-32(21)17-7-15(25)8-17/h1-6,9-12,15,17H,7-8H2,(H,31,33)/t15-,17-. The van der Waals surface area contributed by atoms with Crippen LogP contribution in [0.25, 0.3) is 22.2 Å². The number of anilines is 1. The van der Waals surface area contributed by atoms with E-state index in [1.54, 1.807) is 30.9 Å². The number of fused-ring (bicyclic) bond motifs is 1. The highest BCUT2D eigenvalue weighted by Crippen LogP contribution is 2.39. The first kappa shape index (κ1) is 22.1. The summed E-state index contributed by atoms with van der Waals surface area (Å²) in [6, 6.07) is 8.69. The molecule has 1 aliphatic rings. The molecule has 2 heterocycles. The van der Waals surface area contributed by atoms with Crippen LogP contribution in [0.4, 0.5) is 18.9 Å². The Kier molecular flexibility index (Phi) is 5.60. The Hall–Kier alpha value is -3.66. The second-order valence-electron chi connectivity index (χ2n) is 7.92. The SMILES string of the molecule is O=C(Nc1ccc(OC(F)(F)Cl)cc1)c1cc(-c2cncnc2)c2c(c1)ncn2[C@H]1C[C@H](F)C1. The summed E-state index contributed by atoms with van der Waals surface area (Å²) in [6.07, 6.45) is 6.31. The lowest BCUT2D eigenvalue weighted by atomic mass is 9.90. The maximum atomic E-state index is 13.5. The molecular formula is C23H17ClF3N5O2. The summed E-state index contributed by atoms with van der Waals surface area (Å²) in [5.41, 5.74) is -0.422. The molecule has 1 N–H and O–H groups in total. The van der Waals surface area contributed by atoms with Crippen molar-refractivity contribution in [3.63, 3.8) is 0 Å². The summed E-state index contributed by atoms with van der Waals surface area (Å²) in [7, 11) is 0. The summed E-state index contributed by atoms with van der Waals surface area (Å²) in [5.74, 6) is -0.582. The lowest BCUT2D eigenvalue weighted by Crippen LogP contribution is -2.27. The fourth-order valence-corrected chi connectivity index (χ4v) is 4.02. The van der Waals surface area contributed by atoms with Gasteiger partial charge in [0.2, 0.25) is 0 Å². The van der Waals surface area contributed by atoms with E-state index in [-0.39, 0.29) is 11.8 Å². The molecule has 0 radical (unpaired) electrons. The van der Waals surface area contributed by atoms with E-state index in [4.69, 9.17) is 11.6 Å². The first-order valence-corrected chi connectivity index (χ1v) is 10.7. The van der Waals surface area contributed by atoms with Gasteiger partial charge in [-0.1, -0.05) is 0 Å². The van der Waals surface area contributed by atoms with Gasteiger partial charge in [-0.25, -0.2) is 19.3 Å². The smallest absolute Gasteiger partial charge is 0.420 e. The van der Waals surface area contributed by atoms with Crippen LogP contribution < -0.4 is 10.1 Å². The highest BCUT2D eigenvalue weighted by atomic mass is 35.5. The van der Waals surface area contributed by atoms with Crippen LogP contribution in [0.5, 0.6) is 5.75 Å². The zero-order chi connectivity index (χ0) is 23.9. The first-order valence-electron chi connectivity index (χ1n) is 10.3. The van der Waals surface area contributed by atoms with E-state index >= 15 is 0 Å². The Morgan fingerprint density at radius 1 is 1.15 bits per heavy atom. The van der Waals surface area contributed by atoms with Crippen molar-refractivity contribution in [3.05, 3.63) is 67.0 Å². The highest BCUT2D eigenvalue weighted by molar-refractivity contribution is 6.20. The van der Waals surface area contributed by atoms with Gasteiger partial charge < -0.3 is 14.6 Å². The van der Waals surface area contributed by atoms with E-state index in [1.165, 1.54) is 30.6 Å². The van der Waals surface area contributed by atoms with Gasteiger partial charge in [-0.05, 0) is 49.2 Å². The van der Waals surface area contributed by atoms with Crippen molar-refractivity contribution in [3.8, 4) is 16.9 Å².